The third-order valence-corrected chi connectivity index (χ3v) is 4.51. The van der Waals surface area contributed by atoms with Crippen LogP contribution in [0.15, 0.2) is 21.7 Å². The Bertz CT molecular complexity index is 246. The molecule has 0 bridgehead atoms. The predicted molar refractivity (Wildman–Crippen MR) is 54.1 cm³/mol. The van der Waals surface area contributed by atoms with Crippen LogP contribution in [0, 0.1) is 0 Å². The fourth-order valence-electron chi connectivity index (χ4n) is 0.786. The van der Waals surface area contributed by atoms with Gasteiger partial charge in [0, 0.05) is 11.8 Å². The van der Waals surface area contributed by atoms with Crippen molar-refractivity contribution in [3.63, 3.8) is 0 Å². The van der Waals surface area contributed by atoms with E-state index in [0.717, 1.165) is 4.21 Å². The second-order valence-electron chi connectivity index (χ2n) is 2.63. The molecule has 4 heteroatoms. The zero-order valence-electron chi connectivity index (χ0n) is 7.24. The maximum Gasteiger partial charge on any atom is 0.0911 e. The molecule has 0 aliphatic carbocycles. The number of hydrogen-bond donors (Lipinski definition) is 1. The van der Waals surface area contributed by atoms with E-state index in [-0.39, 0.29) is 0 Å². The van der Waals surface area contributed by atoms with Gasteiger partial charge in [-0.1, -0.05) is 6.07 Å². The first-order valence-electron chi connectivity index (χ1n) is 3.83. The molecule has 0 spiro atoms. The summed E-state index contributed by atoms with van der Waals surface area (Å²) in [6, 6.07) is 4.17. The molecule has 2 unspecified atom stereocenters. The van der Waals surface area contributed by atoms with E-state index in [1.807, 2.05) is 31.5 Å². The standard InChI is InChI=1S/C8H13NOS2/c1-7(9-2)6-12(10)8-4-3-5-11-8/h3-5,7,9H,6H2,1-2H3. The highest BCUT2D eigenvalue weighted by atomic mass is 32.2. The van der Waals surface area contributed by atoms with Crippen molar-refractivity contribution in [2.75, 3.05) is 12.8 Å². The van der Waals surface area contributed by atoms with Crippen molar-refractivity contribution in [1.29, 1.82) is 0 Å². The molecule has 1 aromatic rings. The fraction of sp³-hybridized carbons (Fsp3) is 0.500. The first-order chi connectivity index (χ1) is 5.74. The van der Waals surface area contributed by atoms with E-state index in [9.17, 15) is 4.21 Å². The summed E-state index contributed by atoms with van der Waals surface area (Å²) >= 11 is 1.56. The van der Waals surface area contributed by atoms with Gasteiger partial charge in [0.15, 0.2) is 0 Å². The van der Waals surface area contributed by atoms with Gasteiger partial charge in [0.25, 0.3) is 0 Å². The van der Waals surface area contributed by atoms with Crippen LogP contribution in [0.2, 0.25) is 0 Å². The minimum absolute atomic E-state index is 0.313. The lowest BCUT2D eigenvalue weighted by Crippen LogP contribution is -2.27. The van der Waals surface area contributed by atoms with Gasteiger partial charge in [0.05, 0.1) is 15.0 Å². The molecular weight excluding hydrogens is 190 g/mol. The number of nitrogens with one attached hydrogen (secondary N) is 1. The van der Waals surface area contributed by atoms with Crippen molar-refractivity contribution in [3.8, 4) is 0 Å². The number of rotatable bonds is 4. The number of thiophene rings is 1. The van der Waals surface area contributed by atoms with Crippen LogP contribution in [-0.4, -0.2) is 23.1 Å². The van der Waals surface area contributed by atoms with Crippen LogP contribution >= 0.6 is 11.3 Å². The van der Waals surface area contributed by atoms with E-state index < -0.39 is 10.8 Å². The van der Waals surface area contributed by atoms with Crippen molar-refractivity contribution in [3.05, 3.63) is 17.5 Å². The largest absolute Gasteiger partial charge is 0.316 e. The Labute approximate surface area is 79.5 Å². The molecule has 0 aliphatic rings. The quantitative estimate of drug-likeness (QED) is 0.803. The Balaban J connectivity index is 2.50. The summed E-state index contributed by atoms with van der Waals surface area (Å²) in [5, 5.41) is 5.02. The van der Waals surface area contributed by atoms with E-state index in [2.05, 4.69) is 5.32 Å². The molecule has 0 aromatic carbocycles. The Morgan fingerprint density at radius 3 is 3.00 bits per heavy atom. The van der Waals surface area contributed by atoms with E-state index in [1.165, 1.54) is 0 Å². The Morgan fingerprint density at radius 2 is 2.50 bits per heavy atom. The molecule has 0 aliphatic heterocycles. The molecule has 1 heterocycles. The summed E-state index contributed by atoms with van der Waals surface area (Å²) in [7, 11) is 1.06. The van der Waals surface area contributed by atoms with Crippen LogP contribution in [0.5, 0.6) is 0 Å². The first-order valence-corrected chi connectivity index (χ1v) is 6.03. The summed E-state index contributed by atoms with van der Waals surface area (Å²) < 4.78 is 12.5. The third-order valence-electron chi connectivity index (χ3n) is 1.61. The Morgan fingerprint density at radius 1 is 1.75 bits per heavy atom. The predicted octanol–water partition coefficient (Wildman–Crippen LogP) is 1.46. The molecular formula is C8H13NOS2. The van der Waals surface area contributed by atoms with Gasteiger partial charge in [-0.25, -0.2) is 0 Å². The monoisotopic (exact) mass is 203 g/mol. The highest BCUT2D eigenvalue weighted by Crippen LogP contribution is 2.14. The summed E-state index contributed by atoms with van der Waals surface area (Å²) in [5.41, 5.74) is 0. The lowest BCUT2D eigenvalue weighted by Gasteiger charge is -2.07. The molecule has 0 amide bonds. The van der Waals surface area contributed by atoms with Gasteiger partial charge in [-0.05, 0) is 25.4 Å². The second-order valence-corrected chi connectivity index (χ2v) is 5.30. The minimum atomic E-state index is -0.826. The zero-order chi connectivity index (χ0) is 8.97. The van der Waals surface area contributed by atoms with E-state index >= 15 is 0 Å². The molecule has 1 rings (SSSR count). The van der Waals surface area contributed by atoms with Crippen molar-refractivity contribution in [2.24, 2.45) is 0 Å². The molecule has 2 atom stereocenters. The van der Waals surface area contributed by atoms with Crippen LogP contribution < -0.4 is 5.32 Å². The molecule has 0 saturated heterocycles. The summed E-state index contributed by atoms with van der Waals surface area (Å²) in [5.74, 6) is 0.691. The Kier molecular flexibility index (Phi) is 3.91. The van der Waals surface area contributed by atoms with Crippen LogP contribution in [-0.2, 0) is 10.8 Å². The van der Waals surface area contributed by atoms with Gasteiger partial charge in [-0.2, -0.15) is 0 Å². The molecule has 1 N–H and O–H groups in total. The molecule has 12 heavy (non-hydrogen) atoms. The van der Waals surface area contributed by atoms with Gasteiger partial charge in [-0.15, -0.1) is 11.3 Å². The smallest absolute Gasteiger partial charge is 0.0911 e. The normalized spacial score (nSPS) is 15.8. The Hall–Kier alpha value is -0.190. The lowest BCUT2D eigenvalue weighted by atomic mass is 10.4. The average Bonchev–Trinajstić information content (AvgIpc) is 2.56. The zero-order valence-corrected chi connectivity index (χ0v) is 8.87. The van der Waals surface area contributed by atoms with Crippen molar-refractivity contribution in [1.82, 2.24) is 5.32 Å². The second kappa shape index (κ2) is 4.74. The van der Waals surface area contributed by atoms with Crippen molar-refractivity contribution < 1.29 is 4.21 Å². The first kappa shape index (κ1) is 9.89. The summed E-state index contributed by atoms with van der Waals surface area (Å²) in [4.78, 5) is 0. The summed E-state index contributed by atoms with van der Waals surface area (Å²) in [6.07, 6.45) is 0. The lowest BCUT2D eigenvalue weighted by molar-refractivity contribution is 0.647. The number of hydrogen-bond acceptors (Lipinski definition) is 3. The van der Waals surface area contributed by atoms with Crippen LogP contribution in [0.25, 0.3) is 0 Å². The average molecular weight is 203 g/mol. The van der Waals surface area contributed by atoms with E-state index in [0.29, 0.717) is 11.8 Å². The van der Waals surface area contributed by atoms with Crippen LogP contribution in [0.3, 0.4) is 0 Å². The van der Waals surface area contributed by atoms with Crippen molar-refractivity contribution >= 4 is 22.1 Å². The highest BCUT2D eigenvalue weighted by molar-refractivity contribution is 7.87. The molecule has 0 radical (unpaired) electrons. The highest BCUT2D eigenvalue weighted by Gasteiger charge is 2.08. The van der Waals surface area contributed by atoms with Crippen LogP contribution in [0.4, 0.5) is 0 Å². The molecule has 1 aromatic heterocycles. The fourth-order valence-corrected chi connectivity index (χ4v) is 3.05. The molecule has 0 saturated carbocycles. The summed E-state index contributed by atoms with van der Waals surface area (Å²) in [6.45, 7) is 2.03. The van der Waals surface area contributed by atoms with E-state index in [1.54, 1.807) is 11.3 Å². The maximum absolute atomic E-state index is 11.6. The van der Waals surface area contributed by atoms with Gasteiger partial charge in [-0.3, -0.25) is 4.21 Å². The third kappa shape index (κ3) is 2.69. The van der Waals surface area contributed by atoms with Gasteiger partial charge >= 0.3 is 0 Å². The SMILES string of the molecule is CNC(C)CS(=O)c1cccs1. The van der Waals surface area contributed by atoms with E-state index in [4.69, 9.17) is 0 Å². The molecule has 68 valence electrons. The van der Waals surface area contributed by atoms with Crippen molar-refractivity contribution in [2.45, 2.75) is 17.2 Å². The topological polar surface area (TPSA) is 29.1 Å². The van der Waals surface area contributed by atoms with Crippen LogP contribution in [0.1, 0.15) is 6.92 Å². The minimum Gasteiger partial charge on any atom is -0.316 e. The van der Waals surface area contributed by atoms with Gasteiger partial charge in [0.2, 0.25) is 0 Å². The molecule has 0 fully saturated rings. The molecule has 2 nitrogen and oxygen atoms in total. The van der Waals surface area contributed by atoms with Gasteiger partial charge < -0.3 is 5.32 Å². The maximum atomic E-state index is 11.6. The van der Waals surface area contributed by atoms with Gasteiger partial charge in [0.1, 0.15) is 0 Å².